The number of alkyl halides is 7. The van der Waals surface area contributed by atoms with Gasteiger partial charge in [-0.25, -0.2) is 4.79 Å². The van der Waals surface area contributed by atoms with Gasteiger partial charge in [0.15, 0.2) is 0 Å². The number of nitrogens with one attached hydrogen (secondary N) is 1. The molecule has 0 heterocycles. The Bertz CT molecular complexity index is 443. The van der Waals surface area contributed by atoms with Crippen LogP contribution in [0, 0.1) is 0 Å². The maximum absolute atomic E-state index is 13.2. The van der Waals surface area contributed by atoms with Crippen molar-refractivity contribution in [1.82, 2.24) is 5.32 Å². The molecule has 12 heteroatoms. The molecule has 0 rings (SSSR count). The first-order valence-corrected chi connectivity index (χ1v) is 8.01. The summed E-state index contributed by atoms with van der Waals surface area (Å²) in [6.45, 7) is 1.49. The van der Waals surface area contributed by atoms with Gasteiger partial charge >= 0.3 is 24.0 Å². The number of thioether (sulfide) groups is 1. The van der Waals surface area contributed by atoms with Crippen LogP contribution in [0.3, 0.4) is 0 Å². The van der Waals surface area contributed by atoms with Crippen molar-refractivity contribution in [3.05, 3.63) is 0 Å². The van der Waals surface area contributed by atoms with E-state index < -0.39 is 35.9 Å². The predicted molar refractivity (Wildman–Crippen MR) is 72.1 cm³/mol. The minimum Gasteiger partial charge on any atom is -0.464 e. The normalized spacial score (nSPS) is 14.2. The molecule has 24 heavy (non-hydrogen) atoms. The summed E-state index contributed by atoms with van der Waals surface area (Å²) in [6.07, 6.45) is -4.98. The van der Waals surface area contributed by atoms with E-state index in [1.54, 1.807) is 13.2 Å². The Balaban J connectivity index is 5.25. The minimum atomic E-state index is -6.63. The quantitative estimate of drug-likeness (QED) is 0.488. The van der Waals surface area contributed by atoms with Crippen molar-refractivity contribution in [1.29, 1.82) is 0 Å². The second-order valence-corrected chi connectivity index (χ2v) is 5.61. The Kier molecular flexibility index (Phi) is 8.33. The van der Waals surface area contributed by atoms with Gasteiger partial charge in [-0.15, -0.1) is 0 Å². The second-order valence-electron chi connectivity index (χ2n) is 4.62. The van der Waals surface area contributed by atoms with Crippen molar-refractivity contribution in [2.24, 2.45) is 0 Å². The van der Waals surface area contributed by atoms with Gasteiger partial charge in [0, 0.05) is 0 Å². The maximum atomic E-state index is 13.2. The summed E-state index contributed by atoms with van der Waals surface area (Å²) in [5, 5.41) is 1.22. The van der Waals surface area contributed by atoms with Crippen molar-refractivity contribution in [3.63, 3.8) is 0 Å². The highest BCUT2D eigenvalue weighted by Gasteiger charge is 2.76. The van der Waals surface area contributed by atoms with Crippen LogP contribution in [-0.2, 0) is 14.3 Å². The summed E-state index contributed by atoms with van der Waals surface area (Å²) in [6, 6.07) is -1.76. The van der Waals surface area contributed by atoms with Crippen molar-refractivity contribution in [3.8, 4) is 0 Å². The molecule has 0 spiro atoms. The van der Waals surface area contributed by atoms with Crippen molar-refractivity contribution < 1.29 is 45.1 Å². The number of halogens is 7. The van der Waals surface area contributed by atoms with Crippen LogP contribution in [0.2, 0.25) is 0 Å². The number of carbonyl (C=O) groups excluding carboxylic acids is 2. The lowest BCUT2D eigenvalue weighted by Gasteiger charge is -2.28. The lowest BCUT2D eigenvalue weighted by atomic mass is 10.1. The Morgan fingerprint density at radius 2 is 1.67 bits per heavy atom. The fraction of sp³-hybridized carbons (Fsp3) is 0.833. The Hall–Kier alpha value is -1.20. The van der Waals surface area contributed by atoms with Crippen molar-refractivity contribution in [2.45, 2.75) is 43.8 Å². The first kappa shape index (κ1) is 22.8. The van der Waals surface area contributed by atoms with E-state index in [-0.39, 0.29) is 18.8 Å². The van der Waals surface area contributed by atoms with Gasteiger partial charge in [0.25, 0.3) is 5.91 Å². The van der Waals surface area contributed by atoms with Crippen LogP contribution in [0.25, 0.3) is 0 Å². The Morgan fingerprint density at radius 3 is 2.08 bits per heavy atom. The van der Waals surface area contributed by atoms with Crippen LogP contribution >= 0.6 is 11.8 Å². The van der Waals surface area contributed by atoms with Crippen molar-refractivity contribution in [2.75, 3.05) is 18.6 Å². The van der Waals surface area contributed by atoms with Crippen LogP contribution in [0.15, 0.2) is 0 Å². The standard InChI is InChI=1S/C12H16F7NO3S/c1-3-5-23-8(21)7(4-6-24-2)20-9(22)10(13,14)11(15,16)12(17,18)19/h7H,3-6H2,1-2H3,(H,20,22). The first-order valence-electron chi connectivity index (χ1n) is 6.61. The molecule has 1 N–H and O–H groups in total. The van der Waals surface area contributed by atoms with Crippen LogP contribution < -0.4 is 5.32 Å². The third kappa shape index (κ3) is 5.42. The van der Waals surface area contributed by atoms with E-state index in [0.717, 1.165) is 11.8 Å². The number of hydrogen-bond acceptors (Lipinski definition) is 4. The molecule has 0 radical (unpaired) electrons. The third-order valence-corrected chi connectivity index (χ3v) is 3.33. The van der Waals surface area contributed by atoms with Gasteiger partial charge in [0.05, 0.1) is 6.61 Å². The molecule has 0 bridgehead atoms. The van der Waals surface area contributed by atoms with E-state index in [1.165, 1.54) is 5.32 Å². The summed E-state index contributed by atoms with van der Waals surface area (Å²) in [5.74, 6) is -16.6. The van der Waals surface area contributed by atoms with Gasteiger partial charge in [-0.05, 0) is 24.9 Å². The topological polar surface area (TPSA) is 55.4 Å². The van der Waals surface area contributed by atoms with E-state index in [1.807, 2.05) is 0 Å². The molecule has 1 atom stereocenters. The molecular formula is C12H16F7NO3S. The van der Waals surface area contributed by atoms with E-state index in [4.69, 9.17) is 0 Å². The Morgan fingerprint density at radius 1 is 1.12 bits per heavy atom. The number of rotatable bonds is 9. The van der Waals surface area contributed by atoms with Crippen LogP contribution in [0.4, 0.5) is 30.7 Å². The minimum absolute atomic E-state index is 0.125. The highest BCUT2D eigenvalue weighted by molar-refractivity contribution is 7.98. The van der Waals surface area contributed by atoms with Crippen LogP contribution in [0.1, 0.15) is 19.8 Å². The molecule has 0 aromatic carbocycles. The Labute approximate surface area is 137 Å². The predicted octanol–water partition coefficient (Wildman–Crippen LogP) is 3.01. The zero-order chi connectivity index (χ0) is 19.2. The number of carbonyl (C=O) groups is 2. The highest BCUT2D eigenvalue weighted by atomic mass is 32.2. The molecule has 0 fully saturated rings. The second kappa shape index (κ2) is 8.77. The molecule has 0 aromatic heterocycles. The van der Waals surface area contributed by atoms with Gasteiger partial charge in [-0.1, -0.05) is 6.92 Å². The zero-order valence-corrected chi connectivity index (χ0v) is 13.5. The van der Waals surface area contributed by atoms with E-state index in [0.29, 0.717) is 6.42 Å². The number of ether oxygens (including phenoxy) is 1. The molecule has 0 aliphatic heterocycles. The molecule has 4 nitrogen and oxygen atoms in total. The molecule has 0 saturated heterocycles. The molecule has 142 valence electrons. The van der Waals surface area contributed by atoms with E-state index in [9.17, 15) is 40.3 Å². The monoisotopic (exact) mass is 387 g/mol. The van der Waals surface area contributed by atoms with Gasteiger partial charge < -0.3 is 10.1 Å². The first-order chi connectivity index (χ1) is 10.8. The molecule has 1 amide bonds. The van der Waals surface area contributed by atoms with Crippen LogP contribution in [0.5, 0.6) is 0 Å². The summed E-state index contributed by atoms with van der Waals surface area (Å²) in [7, 11) is 0. The maximum Gasteiger partial charge on any atom is 0.460 e. The summed E-state index contributed by atoms with van der Waals surface area (Å²) >= 11 is 1.14. The molecule has 0 aromatic rings. The summed E-state index contributed by atoms with van der Waals surface area (Å²) in [4.78, 5) is 22.9. The zero-order valence-electron chi connectivity index (χ0n) is 12.7. The fourth-order valence-corrected chi connectivity index (χ4v) is 1.83. The average molecular weight is 387 g/mol. The lowest BCUT2D eigenvalue weighted by Crippen LogP contribution is -2.61. The SMILES string of the molecule is CCCOC(=O)C(CCSC)NC(=O)C(F)(F)C(F)(F)C(F)(F)F. The van der Waals surface area contributed by atoms with Gasteiger partial charge in [0.2, 0.25) is 0 Å². The highest BCUT2D eigenvalue weighted by Crippen LogP contribution is 2.46. The van der Waals surface area contributed by atoms with Gasteiger partial charge in [-0.2, -0.15) is 42.5 Å². The molecule has 1 unspecified atom stereocenters. The summed E-state index contributed by atoms with van der Waals surface area (Å²) in [5.41, 5.74) is 0. The number of amides is 1. The largest absolute Gasteiger partial charge is 0.464 e. The third-order valence-electron chi connectivity index (χ3n) is 2.68. The smallest absolute Gasteiger partial charge is 0.460 e. The molecule has 0 saturated carbocycles. The molecule has 0 aliphatic carbocycles. The van der Waals surface area contributed by atoms with E-state index >= 15 is 0 Å². The van der Waals surface area contributed by atoms with Crippen LogP contribution in [-0.4, -0.2) is 54.6 Å². The van der Waals surface area contributed by atoms with E-state index in [2.05, 4.69) is 4.74 Å². The number of hydrogen-bond donors (Lipinski definition) is 1. The fourth-order valence-electron chi connectivity index (χ4n) is 1.36. The van der Waals surface area contributed by atoms with Gasteiger partial charge in [-0.3, -0.25) is 4.79 Å². The average Bonchev–Trinajstić information content (AvgIpc) is 2.47. The van der Waals surface area contributed by atoms with Crippen molar-refractivity contribution >= 4 is 23.6 Å². The lowest BCUT2D eigenvalue weighted by molar-refractivity contribution is -0.344. The molecular weight excluding hydrogens is 371 g/mol. The summed E-state index contributed by atoms with van der Waals surface area (Å²) < 4.78 is 92.9. The molecule has 0 aliphatic rings. The number of esters is 1. The van der Waals surface area contributed by atoms with Gasteiger partial charge in [0.1, 0.15) is 6.04 Å².